The number of hydrogen-bond acceptors (Lipinski definition) is 6. The van der Waals surface area contributed by atoms with Crippen LogP contribution in [-0.4, -0.2) is 27.4 Å². The SMILES string of the molecule is O=C1CCCN1c1cc([N+](=O)[O-])c(O)c([N+](=O)[O-])c1. The molecule has 1 aromatic carbocycles. The number of carbonyl (C=O) groups is 1. The molecule has 0 bridgehead atoms. The first-order valence-corrected chi connectivity index (χ1v) is 5.38. The van der Waals surface area contributed by atoms with Crippen LogP contribution >= 0.6 is 0 Å². The van der Waals surface area contributed by atoms with E-state index < -0.39 is 27.0 Å². The van der Waals surface area contributed by atoms with Gasteiger partial charge in [0, 0.05) is 25.1 Å². The summed E-state index contributed by atoms with van der Waals surface area (Å²) in [5.41, 5.74) is -1.52. The molecule has 0 aliphatic carbocycles. The summed E-state index contributed by atoms with van der Waals surface area (Å²) in [6.07, 6.45) is 0.879. The Morgan fingerprint density at radius 3 is 2.05 bits per heavy atom. The average molecular weight is 267 g/mol. The summed E-state index contributed by atoms with van der Waals surface area (Å²) in [4.78, 5) is 32.5. The molecule has 100 valence electrons. The van der Waals surface area contributed by atoms with E-state index in [4.69, 9.17) is 0 Å². The maximum atomic E-state index is 11.5. The molecule has 9 heteroatoms. The van der Waals surface area contributed by atoms with Crippen molar-refractivity contribution in [2.45, 2.75) is 12.8 Å². The third kappa shape index (κ3) is 2.17. The molecule has 0 spiro atoms. The van der Waals surface area contributed by atoms with Crippen molar-refractivity contribution in [2.24, 2.45) is 0 Å². The average Bonchev–Trinajstić information content (AvgIpc) is 2.75. The quantitative estimate of drug-likeness (QED) is 0.650. The topological polar surface area (TPSA) is 127 Å². The van der Waals surface area contributed by atoms with Crippen LogP contribution in [0, 0.1) is 20.2 Å². The van der Waals surface area contributed by atoms with Gasteiger partial charge in [0.1, 0.15) is 0 Å². The number of nitro benzene ring substituents is 2. The van der Waals surface area contributed by atoms with Crippen molar-refractivity contribution in [3.63, 3.8) is 0 Å². The normalized spacial score (nSPS) is 14.7. The van der Waals surface area contributed by atoms with Gasteiger partial charge in [0.05, 0.1) is 15.5 Å². The maximum Gasteiger partial charge on any atom is 0.320 e. The van der Waals surface area contributed by atoms with Crippen LogP contribution in [0.3, 0.4) is 0 Å². The number of rotatable bonds is 3. The van der Waals surface area contributed by atoms with Crippen molar-refractivity contribution < 1.29 is 19.7 Å². The lowest BCUT2D eigenvalue weighted by Gasteiger charge is -2.15. The number of amides is 1. The molecule has 1 aromatic rings. The minimum Gasteiger partial charge on any atom is -0.497 e. The molecule has 0 unspecified atom stereocenters. The Labute approximate surface area is 106 Å². The molecule has 1 aliphatic heterocycles. The highest BCUT2D eigenvalue weighted by atomic mass is 16.6. The number of aromatic hydroxyl groups is 1. The van der Waals surface area contributed by atoms with Crippen LogP contribution in [0.25, 0.3) is 0 Å². The highest BCUT2D eigenvalue weighted by Gasteiger charge is 2.30. The summed E-state index contributed by atoms with van der Waals surface area (Å²) in [6.45, 7) is 0.345. The Bertz CT molecular complexity index is 550. The standard InChI is InChI=1S/C10H9N3O6/c14-9-2-1-3-11(9)6-4-7(12(16)17)10(15)8(5-6)13(18)19/h4-5,15H,1-3H2. The number of hydrogen-bond donors (Lipinski definition) is 1. The third-order valence-corrected chi connectivity index (χ3v) is 2.83. The second-order valence-electron chi connectivity index (χ2n) is 4.00. The fourth-order valence-electron chi connectivity index (χ4n) is 1.95. The molecule has 0 atom stereocenters. The van der Waals surface area contributed by atoms with E-state index in [9.17, 15) is 30.1 Å². The molecular formula is C10H9N3O6. The van der Waals surface area contributed by atoms with Crippen molar-refractivity contribution in [1.82, 2.24) is 0 Å². The molecule has 1 amide bonds. The zero-order valence-corrected chi connectivity index (χ0v) is 9.61. The number of carbonyl (C=O) groups excluding carboxylic acids is 1. The second-order valence-corrected chi connectivity index (χ2v) is 4.00. The van der Waals surface area contributed by atoms with E-state index >= 15 is 0 Å². The van der Waals surface area contributed by atoms with Gasteiger partial charge in [0.25, 0.3) is 5.75 Å². The summed E-state index contributed by atoms with van der Waals surface area (Å²) < 4.78 is 0. The van der Waals surface area contributed by atoms with Gasteiger partial charge in [0.2, 0.25) is 5.91 Å². The van der Waals surface area contributed by atoms with Crippen molar-refractivity contribution >= 4 is 23.0 Å². The zero-order valence-electron chi connectivity index (χ0n) is 9.61. The fourth-order valence-corrected chi connectivity index (χ4v) is 1.95. The number of phenols is 1. The first kappa shape index (κ1) is 12.7. The van der Waals surface area contributed by atoms with Crippen molar-refractivity contribution in [2.75, 3.05) is 11.4 Å². The molecule has 1 N–H and O–H groups in total. The van der Waals surface area contributed by atoms with E-state index in [-0.39, 0.29) is 11.6 Å². The molecule has 1 saturated heterocycles. The van der Waals surface area contributed by atoms with E-state index in [1.165, 1.54) is 4.90 Å². The van der Waals surface area contributed by atoms with Gasteiger partial charge in [-0.2, -0.15) is 0 Å². The van der Waals surface area contributed by atoms with Gasteiger partial charge < -0.3 is 10.0 Å². The van der Waals surface area contributed by atoms with Gasteiger partial charge in [-0.1, -0.05) is 0 Å². The van der Waals surface area contributed by atoms with Gasteiger partial charge >= 0.3 is 11.4 Å². The molecule has 1 fully saturated rings. The van der Waals surface area contributed by atoms with Gasteiger partial charge in [-0.25, -0.2) is 0 Å². The monoisotopic (exact) mass is 267 g/mol. The van der Waals surface area contributed by atoms with Crippen molar-refractivity contribution in [3.8, 4) is 5.75 Å². The largest absolute Gasteiger partial charge is 0.497 e. The van der Waals surface area contributed by atoms with E-state index in [2.05, 4.69) is 0 Å². The third-order valence-electron chi connectivity index (χ3n) is 2.83. The molecule has 0 saturated carbocycles. The molecule has 1 aliphatic rings. The van der Waals surface area contributed by atoms with Crippen molar-refractivity contribution in [1.29, 1.82) is 0 Å². The molecule has 2 rings (SSSR count). The number of nitro groups is 2. The Hall–Kier alpha value is -2.71. The number of phenolic OH excluding ortho intramolecular Hbond substituents is 1. The van der Waals surface area contributed by atoms with Crippen LogP contribution in [0.2, 0.25) is 0 Å². The molecule has 1 heterocycles. The predicted octanol–water partition coefficient (Wildman–Crippen LogP) is 1.34. The minimum atomic E-state index is -1.01. The Balaban J connectivity index is 2.59. The summed E-state index contributed by atoms with van der Waals surface area (Å²) in [7, 11) is 0. The predicted molar refractivity (Wildman–Crippen MR) is 63.0 cm³/mol. The lowest BCUT2D eigenvalue weighted by Crippen LogP contribution is -2.23. The number of nitrogens with zero attached hydrogens (tertiary/aromatic N) is 3. The maximum absolute atomic E-state index is 11.5. The number of anilines is 1. The summed E-state index contributed by atoms with van der Waals surface area (Å²) in [5.74, 6) is -1.26. The molecule has 19 heavy (non-hydrogen) atoms. The molecule has 0 aromatic heterocycles. The van der Waals surface area contributed by atoms with Crippen LogP contribution in [0.5, 0.6) is 5.75 Å². The zero-order chi connectivity index (χ0) is 14.2. The Morgan fingerprint density at radius 1 is 1.16 bits per heavy atom. The van der Waals surface area contributed by atoms with Gasteiger partial charge in [-0.3, -0.25) is 25.0 Å². The highest BCUT2D eigenvalue weighted by molar-refractivity contribution is 5.96. The lowest BCUT2D eigenvalue weighted by atomic mass is 10.2. The van der Waals surface area contributed by atoms with Crippen LogP contribution in [0.15, 0.2) is 12.1 Å². The minimum absolute atomic E-state index is 0.0544. The molecule has 9 nitrogen and oxygen atoms in total. The summed E-state index contributed by atoms with van der Waals surface area (Å²) in [6, 6.07) is 1.93. The molecule has 0 radical (unpaired) electrons. The van der Waals surface area contributed by atoms with E-state index in [1.54, 1.807) is 0 Å². The molecular weight excluding hydrogens is 258 g/mol. The smallest absolute Gasteiger partial charge is 0.320 e. The highest BCUT2D eigenvalue weighted by Crippen LogP contribution is 2.40. The first-order valence-electron chi connectivity index (χ1n) is 5.38. The van der Waals surface area contributed by atoms with Crippen LogP contribution < -0.4 is 4.90 Å². The van der Waals surface area contributed by atoms with Gasteiger partial charge in [-0.15, -0.1) is 0 Å². The van der Waals surface area contributed by atoms with E-state index in [0.29, 0.717) is 19.4 Å². The second kappa shape index (κ2) is 4.52. The van der Waals surface area contributed by atoms with E-state index in [1.807, 2.05) is 0 Å². The van der Waals surface area contributed by atoms with Crippen LogP contribution in [-0.2, 0) is 4.79 Å². The fraction of sp³-hybridized carbons (Fsp3) is 0.300. The van der Waals surface area contributed by atoms with Gasteiger partial charge in [-0.05, 0) is 6.42 Å². The first-order chi connectivity index (χ1) is 8.91. The van der Waals surface area contributed by atoms with Gasteiger partial charge in [0.15, 0.2) is 0 Å². The van der Waals surface area contributed by atoms with Crippen LogP contribution in [0.4, 0.5) is 17.1 Å². The Kier molecular flexibility index (Phi) is 3.03. The van der Waals surface area contributed by atoms with E-state index in [0.717, 1.165) is 12.1 Å². The number of benzene rings is 1. The lowest BCUT2D eigenvalue weighted by molar-refractivity contribution is -0.396. The summed E-state index contributed by atoms with van der Waals surface area (Å²) >= 11 is 0. The summed E-state index contributed by atoms with van der Waals surface area (Å²) in [5, 5.41) is 31.0. The van der Waals surface area contributed by atoms with Crippen LogP contribution in [0.1, 0.15) is 12.8 Å². The Morgan fingerprint density at radius 2 is 1.68 bits per heavy atom. The van der Waals surface area contributed by atoms with Crippen molar-refractivity contribution in [3.05, 3.63) is 32.4 Å².